The Kier molecular flexibility index (Phi) is 6.97. The number of hydrogen-bond donors (Lipinski definition) is 2. The number of guanidine groups is 1. The van der Waals surface area contributed by atoms with Crippen LogP contribution in [0, 0.1) is 5.82 Å². The van der Waals surface area contributed by atoms with Gasteiger partial charge in [0.2, 0.25) is 5.88 Å². The fourth-order valence-corrected chi connectivity index (χ4v) is 3.35. The zero-order valence-corrected chi connectivity index (χ0v) is 16.7. The molecule has 2 heterocycles. The van der Waals surface area contributed by atoms with E-state index in [1.165, 1.54) is 17.7 Å². The lowest BCUT2D eigenvalue weighted by Crippen LogP contribution is -2.38. The molecule has 0 aliphatic heterocycles. The molecule has 0 saturated heterocycles. The van der Waals surface area contributed by atoms with Gasteiger partial charge in [-0.15, -0.1) is 0 Å². The Morgan fingerprint density at radius 3 is 2.75 bits per heavy atom. The molecule has 0 bridgehead atoms. The van der Waals surface area contributed by atoms with E-state index in [4.69, 9.17) is 4.74 Å². The van der Waals surface area contributed by atoms with Crippen LogP contribution in [-0.4, -0.2) is 24.5 Å². The Bertz CT molecular complexity index is 897. The largest absolute Gasteiger partial charge is 0.439 e. The third-order valence-corrected chi connectivity index (χ3v) is 4.91. The Morgan fingerprint density at radius 2 is 2.04 bits per heavy atom. The van der Waals surface area contributed by atoms with Gasteiger partial charge < -0.3 is 15.4 Å². The molecule has 0 saturated carbocycles. The lowest BCUT2D eigenvalue weighted by atomic mass is 10.1. The summed E-state index contributed by atoms with van der Waals surface area (Å²) in [7, 11) is 1.75. The molecule has 5 nitrogen and oxygen atoms in total. The topological polar surface area (TPSA) is 58.5 Å². The van der Waals surface area contributed by atoms with Crippen LogP contribution in [0.25, 0.3) is 0 Å². The molecule has 2 aromatic heterocycles. The first-order chi connectivity index (χ1) is 13.6. The molecule has 28 heavy (non-hydrogen) atoms. The second-order valence-corrected chi connectivity index (χ2v) is 7.10. The molecule has 1 unspecified atom stereocenters. The van der Waals surface area contributed by atoms with E-state index >= 15 is 0 Å². The minimum atomic E-state index is -0.301. The summed E-state index contributed by atoms with van der Waals surface area (Å²) in [4.78, 5) is 8.47. The molecule has 146 valence electrons. The summed E-state index contributed by atoms with van der Waals surface area (Å²) in [6.07, 6.45) is 1.69. The fourth-order valence-electron chi connectivity index (χ4n) is 2.57. The van der Waals surface area contributed by atoms with Gasteiger partial charge in [-0.3, -0.25) is 4.99 Å². The van der Waals surface area contributed by atoms with Gasteiger partial charge in [0.15, 0.2) is 5.96 Å². The van der Waals surface area contributed by atoms with E-state index in [0.717, 1.165) is 18.1 Å². The minimum absolute atomic E-state index is 0.301. The van der Waals surface area contributed by atoms with Crippen molar-refractivity contribution in [2.75, 3.05) is 13.6 Å². The third kappa shape index (κ3) is 5.79. The van der Waals surface area contributed by atoms with Crippen LogP contribution in [-0.2, 0) is 6.54 Å². The van der Waals surface area contributed by atoms with Crippen molar-refractivity contribution in [1.29, 1.82) is 0 Å². The van der Waals surface area contributed by atoms with Crippen molar-refractivity contribution in [3.05, 3.63) is 76.4 Å². The van der Waals surface area contributed by atoms with Crippen molar-refractivity contribution >= 4 is 17.3 Å². The highest BCUT2D eigenvalue weighted by Crippen LogP contribution is 2.20. The Balaban J connectivity index is 1.52. The Labute approximate surface area is 168 Å². The molecule has 0 spiro atoms. The van der Waals surface area contributed by atoms with Crippen molar-refractivity contribution in [3.8, 4) is 11.6 Å². The Morgan fingerprint density at radius 1 is 1.21 bits per heavy atom. The SMILES string of the molecule is CN=C(NCc1ccnc(Oc2ccc(F)cc2)c1)NCC(C)c1ccsc1. The summed E-state index contributed by atoms with van der Waals surface area (Å²) in [6, 6.07) is 11.8. The van der Waals surface area contributed by atoms with Crippen molar-refractivity contribution in [2.24, 2.45) is 4.99 Å². The first-order valence-electron chi connectivity index (χ1n) is 8.99. The van der Waals surface area contributed by atoms with Gasteiger partial charge in [-0.05, 0) is 64.2 Å². The van der Waals surface area contributed by atoms with Gasteiger partial charge in [-0.25, -0.2) is 9.37 Å². The van der Waals surface area contributed by atoms with Gasteiger partial charge in [-0.1, -0.05) is 6.92 Å². The molecule has 1 aromatic carbocycles. The van der Waals surface area contributed by atoms with E-state index in [2.05, 4.69) is 44.4 Å². The van der Waals surface area contributed by atoms with E-state index in [9.17, 15) is 4.39 Å². The number of hydrogen-bond acceptors (Lipinski definition) is 4. The van der Waals surface area contributed by atoms with Crippen LogP contribution in [0.5, 0.6) is 11.6 Å². The van der Waals surface area contributed by atoms with Crippen molar-refractivity contribution in [2.45, 2.75) is 19.4 Å². The number of benzene rings is 1. The zero-order valence-electron chi connectivity index (χ0n) is 15.9. The number of aliphatic imine (C=N–C) groups is 1. The maximum Gasteiger partial charge on any atom is 0.219 e. The molecule has 0 radical (unpaired) electrons. The summed E-state index contributed by atoms with van der Waals surface area (Å²) in [6.45, 7) is 3.56. The van der Waals surface area contributed by atoms with Crippen LogP contribution in [0.1, 0.15) is 24.0 Å². The highest BCUT2D eigenvalue weighted by molar-refractivity contribution is 7.07. The molecule has 0 aliphatic rings. The molecule has 1 atom stereocenters. The first kappa shape index (κ1) is 19.8. The van der Waals surface area contributed by atoms with Gasteiger partial charge >= 0.3 is 0 Å². The molecule has 3 aromatic rings. The van der Waals surface area contributed by atoms with Gasteiger partial charge in [-0.2, -0.15) is 11.3 Å². The minimum Gasteiger partial charge on any atom is -0.439 e. The number of aromatic nitrogens is 1. The van der Waals surface area contributed by atoms with Crippen LogP contribution in [0.2, 0.25) is 0 Å². The van der Waals surface area contributed by atoms with E-state index < -0.39 is 0 Å². The quantitative estimate of drug-likeness (QED) is 0.453. The molecule has 3 rings (SSSR count). The van der Waals surface area contributed by atoms with Crippen molar-refractivity contribution < 1.29 is 9.13 Å². The predicted octanol–water partition coefficient (Wildman–Crippen LogP) is 4.54. The van der Waals surface area contributed by atoms with Gasteiger partial charge in [0.25, 0.3) is 0 Å². The summed E-state index contributed by atoms with van der Waals surface area (Å²) in [5.74, 6) is 1.84. The average molecular weight is 399 g/mol. The highest BCUT2D eigenvalue weighted by atomic mass is 32.1. The second kappa shape index (κ2) is 9.85. The normalized spacial score (nSPS) is 12.5. The number of thiophene rings is 1. The molecule has 0 fully saturated rings. The molecule has 0 aliphatic carbocycles. The maximum atomic E-state index is 13.0. The van der Waals surface area contributed by atoms with E-state index in [0.29, 0.717) is 24.1 Å². The van der Waals surface area contributed by atoms with E-state index in [1.807, 2.05) is 12.1 Å². The second-order valence-electron chi connectivity index (χ2n) is 6.32. The van der Waals surface area contributed by atoms with Crippen LogP contribution < -0.4 is 15.4 Å². The van der Waals surface area contributed by atoms with Crippen LogP contribution in [0.3, 0.4) is 0 Å². The average Bonchev–Trinajstić information content (AvgIpc) is 3.25. The predicted molar refractivity (Wildman–Crippen MR) is 112 cm³/mol. The summed E-state index contributed by atoms with van der Waals surface area (Å²) >= 11 is 1.71. The van der Waals surface area contributed by atoms with Crippen molar-refractivity contribution in [3.63, 3.8) is 0 Å². The van der Waals surface area contributed by atoms with Crippen LogP contribution in [0.4, 0.5) is 4.39 Å². The fraction of sp³-hybridized carbons (Fsp3) is 0.238. The van der Waals surface area contributed by atoms with Crippen molar-refractivity contribution in [1.82, 2.24) is 15.6 Å². The molecule has 7 heteroatoms. The number of nitrogens with one attached hydrogen (secondary N) is 2. The molecular weight excluding hydrogens is 375 g/mol. The van der Waals surface area contributed by atoms with Gasteiger partial charge in [0.1, 0.15) is 11.6 Å². The summed E-state index contributed by atoms with van der Waals surface area (Å²) in [5, 5.41) is 10.9. The lowest BCUT2D eigenvalue weighted by Gasteiger charge is -2.15. The van der Waals surface area contributed by atoms with E-state index in [-0.39, 0.29) is 5.82 Å². The maximum absolute atomic E-state index is 13.0. The van der Waals surface area contributed by atoms with Crippen LogP contribution in [0.15, 0.2) is 64.4 Å². The Hall–Kier alpha value is -2.93. The summed E-state index contributed by atoms with van der Waals surface area (Å²) < 4.78 is 18.7. The zero-order chi connectivity index (χ0) is 19.8. The highest BCUT2D eigenvalue weighted by Gasteiger charge is 2.07. The smallest absolute Gasteiger partial charge is 0.219 e. The van der Waals surface area contributed by atoms with Crippen LogP contribution >= 0.6 is 11.3 Å². The lowest BCUT2D eigenvalue weighted by molar-refractivity contribution is 0.460. The first-order valence-corrected chi connectivity index (χ1v) is 9.93. The van der Waals surface area contributed by atoms with Gasteiger partial charge in [0, 0.05) is 32.4 Å². The monoisotopic (exact) mass is 398 g/mol. The number of halogens is 1. The molecular formula is C21H23FN4OS. The van der Waals surface area contributed by atoms with Gasteiger partial charge in [0.05, 0.1) is 0 Å². The number of rotatable bonds is 7. The number of nitrogens with zero attached hydrogens (tertiary/aromatic N) is 2. The summed E-state index contributed by atoms with van der Waals surface area (Å²) in [5.41, 5.74) is 2.32. The number of ether oxygens (including phenoxy) is 1. The molecule has 0 amide bonds. The molecule has 2 N–H and O–H groups in total. The third-order valence-electron chi connectivity index (χ3n) is 4.21. The number of pyridine rings is 1. The van der Waals surface area contributed by atoms with E-state index in [1.54, 1.807) is 36.7 Å². The standard InChI is InChI=1S/C21H23FN4OS/c1-15(17-8-10-28-14-17)12-25-21(23-2)26-13-16-7-9-24-20(11-16)27-19-5-3-18(22)4-6-19/h3-11,14-15H,12-13H2,1-2H3,(H2,23,25,26).